The van der Waals surface area contributed by atoms with Crippen LogP contribution in [0.25, 0.3) is 11.0 Å². The summed E-state index contributed by atoms with van der Waals surface area (Å²) in [5.41, 5.74) is 1.85. The Kier molecular flexibility index (Phi) is 3.69. The third-order valence-electron chi connectivity index (χ3n) is 3.98. The van der Waals surface area contributed by atoms with Gasteiger partial charge in [-0.15, -0.1) is 0 Å². The van der Waals surface area contributed by atoms with E-state index in [2.05, 4.69) is 5.32 Å². The van der Waals surface area contributed by atoms with Gasteiger partial charge >= 0.3 is 0 Å². The van der Waals surface area contributed by atoms with Gasteiger partial charge in [-0.1, -0.05) is 18.2 Å². The number of para-hydroxylation sites is 1. The normalized spacial score (nSPS) is 14.7. The molecular weight excluding hydrogens is 274 g/mol. The molecule has 0 saturated heterocycles. The molecular formula is C15H21NO3S. The van der Waals surface area contributed by atoms with Gasteiger partial charge in [0.1, 0.15) is 11.3 Å². The maximum Gasteiger partial charge on any atom is 0.154 e. The predicted molar refractivity (Wildman–Crippen MR) is 81.7 cm³/mol. The minimum atomic E-state index is -3.23. The quantitative estimate of drug-likeness (QED) is 0.942. The van der Waals surface area contributed by atoms with E-state index in [-0.39, 0.29) is 0 Å². The van der Waals surface area contributed by atoms with Crippen LogP contribution in [0.3, 0.4) is 0 Å². The summed E-state index contributed by atoms with van der Waals surface area (Å²) in [6.45, 7) is 5.40. The SMILES string of the molecule is CNC(c1cc2cccc(C)c2o1)C(C)(C)S(C)(=O)=O. The number of aryl methyl sites for hydroxylation is 1. The van der Waals surface area contributed by atoms with Gasteiger partial charge in [-0.05, 0) is 39.4 Å². The molecule has 2 aromatic rings. The molecule has 1 unspecified atom stereocenters. The first-order valence-corrected chi connectivity index (χ1v) is 8.43. The van der Waals surface area contributed by atoms with E-state index >= 15 is 0 Å². The molecule has 1 aromatic heterocycles. The molecule has 1 N–H and O–H groups in total. The second-order valence-electron chi connectivity index (χ2n) is 5.74. The summed E-state index contributed by atoms with van der Waals surface area (Å²) in [6.07, 6.45) is 1.26. The third-order valence-corrected chi connectivity index (χ3v) is 6.13. The molecule has 1 atom stereocenters. The molecule has 5 heteroatoms. The first-order valence-electron chi connectivity index (χ1n) is 6.54. The third kappa shape index (κ3) is 2.36. The first kappa shape index (κ1) is 15.1. The summed E-state index contributed by atoms with van der Waals surface area (Å²) in [5, 5.41) is 4.06. The van der Waals surface area contributed by atoms with Gasteiger partial charge in [0.25, 0.3) is 0 Å². The summed E-state index contributed by atoms with van der Waals surface area (Å²) < 4.78 is 29.0. The number of sulfone groups is 1. The van der Waals surface area contributed by atoms with Crippen molar-refractivity contribution in [2.75, 3.05) is 13.3 Å². The van der Waals surface area contributed by atoms with Crippen molar-refractivity contribution in [3.63, 3.8) is 0 Å². The van der Waals surface area contributed by atoms with Crippen LogP contribution < -0.4 is 5.32 Å². The van der Waals surface area contributed by atoms with Crippen molar-refractivity contribution in [2.24, 2.45) is 0 Å². The van der Waals surface area contributed by atoms with Crippen molar-refractivity contribution in [1.29, 1.82) is 0 Å². The molecule has 1 aromatic carbocycles. The van der Waals surface area contributed by atoms with E-state index in [0.29, 0.717) is 5.76 Å². The lowest BCUT2D eigenvalue weighted by Gasteiger charge is -2.30. The van der Waals surface area contributed by atoms with Crippen LogP contribution >= 0.6 is 0 Å². The average molecular weight is 295 g/mol. The molecule has 4 nitrogen and oxygen atoms in total. The Morgan fingerprint density at radius 3 is 2.45 bits per heavy atom. The average Bonchev–Trinajstić information content (AvgIpc) is 2.73. The van der Waals surface area contributed by atoms with Crippen molar-refractivity contribution >= 4 is 20.8 Å². The van der Waals surface area contributed by atoms with Gasteiger partial charge in [0.05, 0.1) is 10.8 Å². The number of nitrogens with one attached hydrogen (secondary N) is 1. The molecule has 0 fully saturated rings. The molecule has 110 valence electrons. The Morgan fingerprint density at radius 1 is 1.30 bits per heavy atom. The number of furan rings is 1. The van der Waals surface area contributed by atoms with Crippen molar-refractivity contribution < 1.29 is 12.8 Å². The number of fused-ring (bicyclic) bond motifs is 1. The maximum atomic E-state index is 12.0. The number of hydrogen-bond acceptors (Lipinski definition) is 4. The summed E-state index contributed by atoms with van der Waals surface area (Å²) >= 11 is 0. The highest BCUT2D eigenvalue weighted by Gasteiger charge is 2.41. The van der Waals surface area contributed by atoms with Crippen LogP contribution in [-0.2, 0) is 9.84 Å². The smallest absolute Gasteiger partial charge is 0.154 e. The Morgan fingerprint density at radius 2 is 1.95 bits per heavy atom. The fourth-order valence-electron chi connectivity index (χ4n) is 2.42. The van der Waals surface area contributed by atoms with Crippen LogP contribution in [0.1, 0.15) is 31.2 Å². The molecule has 0 radical (unpaired) electrons. The first-order chi connectivity index (χ1) is 9.18. The standard InChI is InChI=1S/C15H21NO3S/c1-10-7-6-8-11-9-12(19-13(10)11)14(16-4)15(2,3)20(5,17)18/h6-9,14,16H,1-5H3. The Hall–Kier alpha value is -1.33. The molecule has 0 aliphatic heterocycles. The number of rotatable bonds is 4. The Labute approximate surface area is 120 Å². The highest BCUT2D eigenvalue weighted by Crippen LogP contribution is 2.35. The second kappa shape index (κ2) is 4.90. The van der Waals surface area contributed by atoms with Crippen LogP contribution in [0, 0.1) is 6.92 Å². The van der Waals surface area contributed by atoms with Crippen LogP contribution in [0.4, 0.5) is 0 Å². The van der Waals surface area contributed by atoms with Gasteiger partial charge in [0, 0.05) is 11.6 Å². The molecule has 20 heavy (non-hydrogen) atoms. The molecule has 0 aliphatic carbocycles. The fourth-order valence-corrected chi connectivity index (χ4v) is 3.08. The topological polar surface area (TPSA) is 59.3 Å². The van der Waals surface area contributed by atoms with E-state index in [1.165, 1.54) is 6.26 Å². The molecule has 0 saturated carbocycles. The van der Waals surface area contributed by atoms with E-state index in [1.54, 1.807) is 20.9 Å². The lowest BCUT2D eigenvalue weighted by atomic mass is 10.0. The minimum Gasteiger partial charge on any atom is -0.459 e. The monoisotopic (exact) mass is 295 g/mol. The van der Waals surface area contributed by atoms with Gasteiger partial charge in [0.2, 0.25) is 0 Å². The molecule has 1 heterocycles. The summed E-state index contributed by atoms with van der Waals surface area (Å²) in [6, 6.07) is 7.43. The molecule has 0 amide bonds. The highest BCUT2D eigenvalue weighted by molar-refractivity contribution is 7.92. The number of benzene rings is 1. The minimum absolute atomic E-state index is 0.399. The van der Waals surface area contributed by atoms with Crippen molar-refractivity contribution in [1.82, 2.24) is 5.32 Å². The zero-order valence-electron chi connectivity index (χ0n) is 12.5. The summed E-state index contributed by atoms with van der Waals surface area (Å²) in [5.74, 6) is 0.646. The van der Waals surface area contributed by atoms with E-state index in [9.17, 15) is 8.42 Å². The van der Waals surface area contributed by atoms with Crippen molar-refractivity contribution in [3.8, 4) is 0 Å². The second-order valence-corrected chi connectivity index (χ2v) is 8.34. The van der Waals surface area contributed by atoms with Gasteiger partial charge < -0.3 is 9.73 Å². The van der Waals surface area contributed by atoms with Gasteiger partial charge in [-0.3, -0.25) is 0 Å². The number of hydrogen-bond donors (Lipinski definition) is 1. The van der Waals surface area contributed by atoms with Crippen molar-refractivity contribution in [3.05, 3.63) is 35.6 Å². The van der Waals surface area contributed by atoms with E-state index < -0.39 is 20.6 Å². The fraction of sp³-hybridized carbons (Fsp3) is 0.467. The van der Waals surface area contributed by atoms with Crippen LogP contribution in [0.2, 0.25) is 0 Å². The van der Waals surface area contributed by atoms with E-state index in [1.807, 2.05) is 31.2 Å². The lowest BCUT2D eigenvalue weighted by Crippen LogP contribution is -2.43. The lowest BCUT2D eigenvalue weighted by molar-refractivity contribution is 0.380. The molecule has 0 bridgehead atoms. The largest absolute Gasteiger partial charge is 0.459 e. The molecule has 0 aliphatic rings. The molecule has 2 rings (SSSR count). The van der Waals surface area contributed by atoms with Gasteiger partial charge in [-0.2, -0.15) is 0 Å². The van der Waals surface area contributed by atoms with Crippen molar-refractivity contribution in [2.45, 2.75) is 31.6 Å². The Bertz CT molecular complexity index is 729. The van der Waals surface area contributed by atoms with E-state index in [0.717, 1.165) is 16.5 Å². The zero-order chi connectivity index (χ0) is 15.1. The molecule has 0 spiro atoms. The summed E-state index contributed by atoms with van der Waals surface area (Å²) in [4.78, 5) is 0. The van der Waals surface area contributed by atoms with Crippen LogP contribution in [-0.4, -0.2) is 26.5 Å². The predicted octanol–water partition coefficient (Wildman–Crippen LogP) is 2.82. The highest BCUT2D eigenvalue weighted by atomic mass is 32.2. The summed E-state index contributed by atoms with van der Waals surface area (Å²) in [7, 11) is -1.48. The Balaban J connectivity index is 2.58. The van der Waals surface area contributed by atoms with Gasteiger partial charge in [-0.25, -0.2) is 8.42 Å². The van der Waals surface area contributed by atoms with Crippen LogP contribution in [0.15, 0.2) is 28.7 Å². The van der Waals surface area contributed by atoms with Crippen LogP contribution in [0.5, 0.6) is 0 Å². The maximum absolute atomic E-state index is 12.0. The van der Waals surface area contributed by atoms with E-state index in [4.69, 9.17) is 4.42 Å². The zero-order valence-corrected chi connectivity index (χ0v) is 13.3. The van der Waals surface area contributed by atoms with Gasteiger partial charge in [0.15, 0.2) is 9.84 Å².